The number of hydrogen-bond donors (Lipinski definition) is 0. The monoisotopic (exact) mass is 934 g/mol. The van der Waals surface area contributed by atoms with Gasteiger partial charge in [-0.2, -0.15) is 0 Å². The number of anilines is 6. The topological polar surface area (TPSA) is 6.48 Å². The van der Waals surface area contributed by atoms with E-state index in [0.29, 0.717) is 0 Å². The summed E-state index contributed by atoms with van der Waals surface area (Å²) >= 11 is 0. The second-order valence-corrected chi connectivity index (χ2v) is 26.4. The van der Waals surface area contributed by atoms with E-state index < -0.39 is 6.85 Å². The maximum atomic E-state index is 8.88. The van der Waals surface area contributed by atoms with Crippen LogP contribution in [-0.4, -0.2) is 6.71 Å². The fourth-order valence-corrected chi connectivity index (χ4v) is 14.5. The number of fused-ring (bicyclic) bond motifs is 7. The molecule has 360 valence electrons. The Morgan fingerprint density at radius 3 is 1.38 bits per heavy atom. The van der Waals surface area contributed by atoms with E-state index in [2.05, 4.69) is 227 Å². The number of aryl methyl sites for hydroxylation is 2. The molecule has 0 fully saturated rings. The van der Waals surface area contributed by atoms with Gasteiger partial charge in [0, 0.05) is 38.1 Å². The lowest BCUT2D eigenvalue weighted by Crippen LogP contribution is -2.62. The van der Waals surface area contributed by atoms with Gasteiger partial charge in [-0.3, -0.25) is 0 Å². The summed E-state index contributed by atoms with van der Waals surface area (Å²) in [5.74, 6) is 0. The molecule has 0 aromatic heterocycles. The van der Waals surface area contributed by atoms with Crippen molar-refractivity contribution in [2.75, 3.05) is 9.80 Å². The van der Waals surface area contributed by atoms with Crippen molar-refractivity contribution in [1.29, 1.82) is 0 Å². The Morgan fingerprint density at radius 1 is 0.423 bits per heavy atom. The normalized spacial score (nSPS) is 20.6. The molecule has 0 saturated carbocycles. The van der Waals surface area contributed by atoms with Crippen LogP contribution in [-0.2, 0) is 38.9 Å². The van der Waals surface area contributed by atoms with Crippen LogP contribution in [0.1, 0.15) is 171 Å². The first kappa shape index (κ1) is 42.8. The molecule has 12 rings (SSSR count). The number of benzene rings is 7. The van der Waals surface area contributed by atoms with E-state index in [0.717, 1.165) is 71.4 Å². The summed E-state index contributed by atoms with van der Waals surface area (Å²) in [6.45, 7) is 29.3. The number of hydrogen-bond acceptors (Lipinski definition) is 2. The van der Waals surface area contributed by atoms with E-state index in [9.17, 15) is 0 Å². The predicted octanol–water partition coefficient (Wildman–Crippen LogP) is 16.6. The fraction of sp³-hybridized carbons (Fsp3) is 0.382. The van der Waals surface area contributed by atoms with Gasteiger partial charge in [0.15, 0.2) is 0 Å². The third kappa shape index (κ3) is 6.94. The Hall–Kier alpha value is -5.80. The highest BCUT2D eigenvalue weighted by molar-refractivity contribution is 7.00. The molecule has 0 spiro atoms. The predicted molar refractivity (Wildman–Crippen MR) is 307 cm³/mol. The van der Waals surface area contributed by atoms with Crippen molar-refractivity contribution in [3.8, 4) is 22.3 Å². The summed E-state index contributed by atoms with van der Waals surface area (Å²) in [5.41, 5.74) is 25.8. The maximum Gasteiger partial charge on any atom is 0.252 e. The molecule has 71 heavy (non-hydrogen) atoms. The Morgan fingerprint density at radius 2 is 0.859 bits per heavy atom. The van der Waals surface area contributed by atoms with Gasteiger partial charge in [0.2, 0.25) is 0 Å². The molecule has 5 aliphatic rings. The highest BCUT2D eigenvalue weighted by Crippen LogP contribution is 2.56. The van der Waals surface area contributed by atoms with E-state index in [-0.39, 0.29) is 45.6 Å². The van der Waals surface area contributed by atoms with Gasteiger partial charge in [0.05, 0.1) is 5.69 Å². The molecule has 0 amide bonds. The van der Waals surface area contributed by atoms with Gasteiger partial charge < -0.3 is 9.80 Å². The van der Waals surface area contributed by atoms with Crippen molar-refractivity contribution in [3.05, 3.63) is 172 Å². The largest absolute Gasteiger partial charge is 0.311 e. The quantitative estimate of drug-likeness (QED) is 0.159. The zero-order chi connectivity index (χ0) is 52.4. The molecule has 0 saturated heterocycles. The van der Waals surface area contributed by atoms with Gasteiger partial charge in [-0.05, 0) is 198 Å². The molecule has 7 aromatic carbocycles. The van der Waals surface area contributed by atoms with Crippen LogP contribution in [0.4, 0.5) is 34.1 Å². The zero-order valence-corrected chi connectivity index (χ0v) is 44.8. The first-order valence-electron chi connectivity index (χ1n) is 28.2. The molecule has 0 atom stereocenters. The molecule has 0 N–H and O–H groups in total. The molecule has 7 aromatic rings. The Labute approximate surface area is 431 Å². The van der Waals surface area contributed by atoms with E-state index >= 15 is 0 Å². The SMILES string of the molecule is [2H]C([2H])([2H])Cc1cc2c3c(c1)N(c1ccc(-c4ccccc4)cc1-c1ccccc1)c1cc4c(cc1B3c1cc3c(cc1N2c1cc2c(cc1C)C(C)(C)CCC2(C)C)C(C)(C)CC3(C)C)C(C)(C)CCC4(C)C. The Kier molecular flexibility index (Phi) is 9.27. The average Bonchev–Trinajstić information content (AvgIpc) is 3.56. The highest BCUT2D eigenvalue weighted by Gasteiger charge is 2.50. The van der Waals surface area contributed by atoms with Crippen LogP contribution in [0.15, 0.2) is 127 Å². The first-order valence-corrected chi connectivity index (χ1v) is 26.7. The summed E-state index contributed by atoms with van der Waals surface area (Å²) in [7, 11) is 0. The number of nitrogens with zero attached hydrogens (tertiary/aromatic N) is 2. The molecular formula is C68H75BN2. The lowest BCUT2D eigenvalue weighted by molar-refractivity contribution is 0.332. The van der Waals surface area contributed by atoms with Crippen molar-refractivity contribution in [3.63, 3.8) is 0 Å². The highest BCUT2D eigenvalue weighted by atomic mass is 15.2. The van der Waals surface area contributed by atoms with Crippen LogP contribution in [0.25, 0.3) is 22.3 Å². The van der Waals surface area contributed by atoms with Gasteiger partial charge >= 0.3 is 0 Å². The third-order valence-electron chi connectivity index (χ3n) is 18.6. The molecule has 3 aliphatic carbocycles. The fourth-order valence-electron chi connectivity index (χ4n) is 14.5. The second kappa shape index (κ2) is 15.4. The summed E-state index contributed by atoms with van der Waals surface area (Å²) in [4.78, 5) is 5.17. The standard InChI is InChI=1S/C68H75BN2/c1-15-43-33-60-62-61(34-43)71(57-38-51-48(32-42(57)2)63(3,4)28-30-65(51,7)8)59-40-53-50(67(11,12)41-68(53,13)14)37-55(59)69(62)54-36-49-52(66(9,10)31-29-64(49,5)6)39-58(54)70(60)56-27-26-46(44-22-18-16-19-23-44)35-47(56)45-24-20-17-21-25-45/h16-27,32-40H,15,28-31,41H2,1-14H3/i1D3. The van der Waals surface area contributed by atoms with Crippen LogP contribution >= 0.6 is 0 Å². The molecular weight excluding hydrogens is 856 g/mol. The maximum absolute atomic E-state index is 8.88. The summed E-state index contributed by atoms with van der Waals surface area (Å²) in [6.07, 6.45) is 5.50. The van der Waals surface area contributed by atoms with Crippen molar-refractivity contribution in [1.82, 2.24) is 0 Å². The third-order valence-corrected chi connectivity index (χ3v) is 18.6. The molecule has 2 nitrogen and oxygen atoms in total. The summed E-state index contributed by atoms with van der Waals surface area (Å²) in [6, 6.07) is 48.7. The van der Waals surface area contributed by atoms with Gasteiger partial charge in [-0.25, -0.2) is 0 Å². The van der Waals surface area contributed by atoms with Crippen molar-refractivity contribution < 1.29 is 4.11 Å². The molecule has 3 heteroatoms. The van der Waals surface area contributed by atoms with Crippen LogP contribution in [0.2, 0.25) is 0 Å². The zero-order valence-electron chi connectivity index (χ0n) is 47.8. The van der Waals surface area contributed by atoms with Crippen molar-refractivity contribution in [2.24, 2.45) is 0 Å². The minimum absolute atomic E-state index is 0.0178. The van der Waals surface area contributed by atoms with Gasteiger partial charge in [-0.15, -0.1) is 0 Å². The average molecular weight is 934 g/mol. The Bertz CT molecular complexity index is 3470. The van der Waals surface area contributed by atoms with Crippen molar-refractivity contribution >= 4 is 57.2 Å². The van der Waals surface area contributed by atoms with Gasteiger partial charge in [-0.1, -0.05) is 175 Å². The van der Waals surface area contributed by atoms with E-state index in [1.54, 1.807) is 0 Å². The lowest BCUT2D eigenvalue weighted by atomic mass is 9.32. The van der Waals surface area contributed by atoms with E-state index in [4.69, 9.17) is 4.11 Å². The minimum Gasteiger partial charge on any atom is -0.311 e. The van der Waals surface area contributed by atoms with Crippen LogP contribution in [0, 0.1) is 6.92 Å². The van der Waals surface area contributed by atoms with E-state index in [1.165, 1.54) is 78.0 Å². The summed E-state index contributed by atoms with van der Waals surface area (Å²) in [5, 5.41) is 0. The van der Waals surface area contributed by atoms with Crippen LogP contribution in [0.5, 0.6) is 0 Å². The molecule has 2 heterocycles. The van der Waals surface area contributed by atoms with Crippen molar-refractivity contribution in [2.45, 2.75) is 168 Å². The second-order valence-electron chi connectivity index (χ2n) is 26.4. The van der Waals surface area contributed by atoms with Gasteiger partial charge in [0.25, 0.3) is 6.71 Å². The van der Waals surface area contributed by atoms with Crippen LogP contribution in [0.3, 0.4) is 0 Å². The molecule has 0 bridgehead atoms. The minimum atomic E-state index is -2.19. The Balaban J connectivity index is 1.25. The molecule has 0 unspecified atom stereocenters. The molecule has 0 radical (unpaired) electrons. The van der Waals surface area contributed by atoms with Gasteiger partial charge in [0.1, 0.15) is 0 Å². The van der Waals surface area contributed by atoms with Crippen LogP contribution < -0.4 is 26.2 Å². The summed E-state index contributed by atoms with van der Waals surface area (Å²) < 4.78 is 26.6. The lowest BCUT2D eigenvalue weighted by Gasteiger charge is -2.48. The van der Waals surface area contributed by atoms with E-state index in [1.807, 2.05) is 0 Å². The molecule has 2 aliphatic heterocycles. The smallest absolute Gasteiger partial charge is 0.252 e. The number of rotatable bonds is 5. The first-order chi connectivity index (χ1) is 34.7.